The van der Waals surface area contributed by atoms with E-state index in [2.05, 4.69) is 56.5 Å². The van der Waals surface area contributed by atoms with Crippen LogP contribution in [-0.2, 0) is 11.4 Å². The average molecular weight is 570 g/mol. The van der Waals surface area contributed by atoms with Crippen molar-refractivity contribution in [3.05, 3.63) is 89.5 Å². The van der Waals surface area contributed by atoms with E-state index in [0.29, 0.717) is 24.1 Å². The zero-order valence-corrected chi connectivity index (χ0v) is 24.3. The van der Waals surface area contributed by atoms with Crippen LogP contribution < -0.4 is 14.9 Å². The first kappa shape index (κ1) is 28.4. The Morgan fingerprint density at radius 3 is 2.56 bits per heavy atom. The monoisotopic (exact) mass is 569 g/mol. The molecule has 9 heteroatoms. The summed E-state index contributed by atoms with van der Waals surface area (Å²) in [6.07, 6.45) is 7.44. The summed E-state index contributed by atoms with van der Waals surface area (Å²) < 4.78 is 13.7. The maximum atomic E-state index is 12.7. The number of thioether (sulfide) groups is 1. The molecular formula is C32H35N5O3S. The minimum absolute atomic E-state index is 0.186. The van der Waals surface area contributed by atoms with E-state index in [1.54, 1.807) is 13.3 Å². The summed E-state index contributed by atoms with van der Waals surface area (Å²) in [4.78, 5) is 12.7. The van der Waals surface area contributed by atoms with Crippen molar-refractivity contribution in [2.45, 2.75) is 56.8 Å². The van der Waals surface area contributed by atoms with Gasteiger partial charge in [-0.1, -0.05) is 91.2 Å². The highest BCUT2D eigenvalue weighted by molar-refractivity contribution is 7.99. The van der Waals surface area contributed by atoms with E-state index in [4.69, 9.17) is 9.47 Å². The molecule has 1 aliphatic carbocycles. The zero-order valence-electron chi connectivity index (χ0n) is 23.5. The number of carbonyl (C=O) groups excluding carboxylic acids is 1. The number of rotatable bonds is 11. The lowest BCUT2D eigenvalue weighted by Crippen LogP contribution is -2.20. The summed E-state index contributed by atoms with van der Waals surface area (Å²) in [5, 5.41) is 13.9. The first-order valence-corrected chi connectivity index (χ1v) is 14.9. The molecule has 1 aliphatic rings. The van der Waals surface area contributed by atoms with Gasteiger partial charge in [-0.25, -0.2) is 5.43 Å². The van der Waals surface area contributed by atoms with E-state index >= 15 is 0 Å². The third kappa shape index (κ3) is 7.55. The number of hydrogen-bond acceptors (Lipinski definition) is 7. The summed E-state index contributed by atoms with van der Waals surface area (Å²) in [6, 6.07) is 24.2. The van der Waals surface area contributed by atoms with Crippen LogP contribution in [0.15, 0.2) is 83.1 Å². The summed E-state index contributed by atoms with van der Waals surface area (Å²) in [5.74, 6) is 2.07. The Morgan fingerprint density at radius 2 is 1.80 bits per heavy atom. The number of aryl methyl sites for hydroxylation is 1. The molecule has 0 aliphatic heterocycles. The van der Waals surface area contributed by atoms with Crippen molar-refractivity contribution >= 4 is 23.9 Å². The Balaban J connectivity index is 1.19. The van der Waals surface area contributed by atoms with Gasteiger partial charge in [0.2, 0.25) is 0 Å². The Hall–Kier alpha value is -4.11. The molecule has 212 valence electrons. The highest BCUT2D eigenvalue weighted by atomic mass is 32.2. The van der Waals surface area contributed by atoms with Gasteiger partial charge in [0.25, 0.3) is 5.91 Å². The van der Waals surface area contributed by atoms with Crippen LogP contribution in [0.25, 0.3) is 11.4 Å². The van der Waals surface area contributed by atoms with Gasteiger partial charge in [0.05, 0.1) is 19.1 Å². The van der Waals surface area contributed by atoms with Crippen LogP contribution in [0.1, 0.15) is 54.8 Å². The zero-order chi connectivity index (χ0) is 28.4. The minimum atomic E-state index is -0.212. The molecule has 4 aromatic rings. The Bertz CT molecular complexity index is 1460. The molecule has 0 spiro atoms. The predicted octanol–water partition coefficient (Wildman–Crippen LogP) is 6.59. The van der Waals surface area contributed by atoms with Crippen molar-refractivity contribution in [2.24, 2.45) is 5.10 Å². The van der Waals surface area contributed by atoms with Gasteiger partial charge in [-0.15, -0.1) is 10.2 Å². The molecule has 1 fully saturated rings. The van der Waals surface area contributed by atoms with Gasteiger partial charge in [-0.05, 0) is 49.1 Å². The SMILES string of the molecule is COc1cc(/C=N\NC(=O)CSc2nnc(-c3ccc(C)cc3)n2C2CCCCC2)ccc1OCc1ccccc1. The van der Waals surface area contributed by atoms with Crippen LogP contribution in [0.2, 0.25) is 0 Å². The third-order valence-electron chi connectivity index (χ3n) is 7.07. The quantitative estimate of drug-likeness (QED) is 0.125. The lowest BCUT2D eigenvalue weighted by Gasteiger charge is -2.25. The van der Waals surface area contributed by atoms with Crippen molar-refractivity contribution in [3.63, 3.8) is 0 Å². The Kier molecular flexibility index (Phi) is 9.69. The predicted molar refractivity (Wildman–Crippen MR) is 163 cm³/mol. The molecule has 1 aromatic heterocycles. The van der Waals surface area contributed by atoms with Crippen molar-refractivity contribution in [3.8, 4) is 22.9 Å². The summed E-state index contributed by atoms with van der Waals surface area (Å²) in [5.41, 5.74) is 6.72. The molecule has 5 rings (SSSR count). The first-order valence-electron chi connectivity index (χ1n) is 13.9. The largest absolute Gasteiger partial charge is 0.493 e. The van der Waals surface area contributed by atoms with Crippen LogP contribution in [0, 0.1) is 6.92 Å². The van der Waals surface area contributed by atoms with E-state index < -0.39 is 0 Å². The maximum absolute atomic E-state index is 12.7. The van der Waals surface area contributed by atoms with Crippen LogP contribution >= 0.6 is 11.8 Å². The number of hydrazone groups is 1. The lowest BCUT2D eigenvalue weighted by atomic mass is 9.95. The summed E-state index contributed by atoms with van der Waals surface area (Å²) in [6.45, 7) is 2.52. The molecule has 0 bridgehead atoms. The second kappa shape index (κ2) is 14.0. The van der Waals surface area contributed by atoms with Gasteiger partial charge in [0.15, 0.2) is 22.5 Å². The molecule has 8 nitrogen and oxygen atoms in total. The number of amides is 1. The third-order valence-corrected chi connectivity index (χ3v) is 8.02. The standard InChI is InChI=1S/C32H35N5O3S/c1-23-13-16-26(17-14-23)31-35-36-32(37(31)27-11-7-4-8-12-27)41-22-30(38)34-33-20-25-15-18-28(29(19-25)39-2)40-21-24-9-5-3-6-10-24/h3,5-6,9-10,13-20,27H,4,7-8,11-12,21-22H2,1-2H3,(H,34,38)/b33-20-. The molecular weight excluding hydrogens is 534 g/mol. The number of nitrogens with zero attached hydrogens (tertiary/aromatic N) is 4. The van der Waals surface area contributed by atoms with Crippen molar-refractivity contribution in [2.75, 3.05) is 12.9 Å². The highest BCUT2D eigenvalue weighted by Crippen LogP contribution is 2.35. The fourth-order valence-electron chi connectivity index (χ4n) is 4.90. The molecule has 0 atom stereocenters. The normalized spacial score (nSPS) is 13.8. The van der Waals surface area contributed by atoms with Gasteiger partial charge in [0, 0.05) is 11.6 Å². The molecule has 41 heavy (non-hydrogen) atoms. The van der Waals surface area contributed by atoms with E-state index in [-0.39, 0.29) is 11.7 Å². The van der Waals surface area contributed by atoms with Crippen molar-refractivity contribution in [1.29, 1.82) is 0 Å². The summed E-state index contributed by atoms with van der Waals surface area (Å²) >= 11 is 1.39. The molecule has 1 saturated carbocycles. The molecule has 3 aromatic carbocycles. The lowest BCUT2D eigenvalue weighted by molar-refractivity contribution is -0.118. The van der Waals surface area contributed by atoms with Crippen LogP contribution in [0.5, 0.6) is 11.5 Å². The molecule has 1 amide bonds. The first-order chi connectivity index (χ1) is 20.1. The minimum Gasteiger partial charge on any atom is -0.493 e. The number of hydrogen-bond donors (Lipinski definition) is 1. The van der Waals surface area contributed by atoms with E-state index in [1.807, 2.05) is 48.5 Å². The summed E-state index contributed by atoms with van der Waals surface area (Å²) in [7, 11) is 1.60. The average Bonchev–Trinajstić information content (AvgIpc) is 3.44. The second-order valence-corrected chi connectivity index (χ2v) is 11.0. The molecule has 0 radical (unpaired) electrons. The molecule has 1 heterocycles. The number of benzene rings is 3. The molecule has 0 saturated heterocycles. The smallest absolute Gasteiger partial charge is 0.250 e. The van der Waals surface area contributed by atoms with E-state index in [0.717, 1.165) is 40.5 Å². The van der Waals surface area contributed by atoms with Gasteiger partial charge in [0.1, 0.15) is 6.61 Å². The fraction of sp³-hybridized carbons (Fsp3) is 0.312. The highest BCUT2D eigenvalue weighted by Gasteiger charge is 2.24. The van der Waals surface area contributed by atoms with Crippen LogP contribution in [-0.4, -0.2) is 39.7 Å². The molecule has 0 unspecified atom stereocenters. The number of ether oxygens (including phenoxy) is 2. The van der Waals surface area contributed by atoms with Crippen LogP contribution in [0.4, 0.5) is 0 Å². The van der Waals surface area contributed by atoms with Gasteiger partial charge in [-0.2, -0.15) is 5.10 Å². The van der Waals surface area contributed by atoms with Crippen molar-refractivity contribution in [1.82, 2.24) is 20.2 Å². The van der Waals surface area contributed by atoms with Crippen molar-refractivity contribution < 1.29 is 14.3 Å². The Morgan fingerprint density at radius 1 is 1.02 bits per heavy atom. The number of methoxy groups -OCH3 is 1. The number of nitrogens with one attached hydrogen (secondary N) is 1. The second-order valence-electron chi connectivity index (χ2n) is 10.1. The van der Waals surface area contributed by atoms with Gasteiger partial charge in [-0.3, -0.25) is 9.36 Å². The topological polar surface area (TPSA) is 90.6 Å². The number of carbonyl (C=O) groups is 1. The maximum Gasteiger partial charge on any atom is 0.250 e. The van der Waals surface area contributed by atoms with Crippen LogP contribution in [0.3, 0.4) is 0 Å². The van der Waals surface area contributed by atoms with E-state index in [1.165, 1.54) is 36.6 Å². The fourth-order valence-corrected chi connectivity index (χ4v) is 5.70. The Labute approximate surface area is 245 Å². The van der Waals surface area contributed by atoms with Gasteiger partial charge < -0.3 is 9.47 Å². The van der Waals surface area contributed by atoms with E-state index in [9.17, 15) is 4.79 Å². The van der Waals surface area contributed by atoms with Gasteiger partial charge >= 0.3 is 0 Å². The molecule has 1 N–H and O–H groups in total. The number of aromatic nitrogens is 3.